The first kappa shape index (κ1) is 25.7. The summed E-state index contributed by atoms with van der Waals surface area (Å²) >= 11 is 0. The lowest BCUT2D eigenvalue weighted by atomic mass is 9.62. The van der Waals surface area contributed by atoms with Crippen molar-refractivity contribution in [2.75, 3.05) is 19.5 Å². The van der Waals surface area contributed by atoms with Crippen LogP contribution in [-0.4, -0.2) is 47.6 Å². The molecule has 1 saturated heterocycles. The van der Waals surface area contributed by atoms with Crippen LogP contribution >= 0.6 is 0 Å². The molecular formula is C34H27N3O5. The number of ketones is 2. The summed E-state index contributed by atoms with van der Waals surface area (Å²) in [5.74, 6) is -1.44. The summed E-state index contributed by atoms with van der Waals surface area (Å²) in [6, 6.07) is 23.6. The van der Waals surface area contributed by atoms with Crippen molar-refractivity contribution in [2.24, 2.45) is 5.92 Å². The van der Waals surface area contributed by atoms with Crippen LogP contribution in [-0.2, 0) is 10.2 Å². The Labute approximate surface area is 242 Å². The Morgan fingerprint density at radius 1 is 0.905 bits per heavy atom. The lowest BCUT2D eigenvalue weighted by Gasteiger charge is -2.38. The minimum Gasteiger partial charge on any atom is -0.497 e. The van der Waals surface area contributed by atoms with Gasteiger partial charge in [-0.2, -0.15) is 0 Å². The predicted octanol–water partition coefficient (Wildman–Crippen LogP) is 5.08. The molecule has 0 radical (unpaired) electrons. The fraction of sp³-hybridized carbons (Fsp3) is 0.176. The summed E-state index contributed by atoms with van der Waals surface area (Å²) in [5.41, 5.74) is 2.08. The van der Waals surface area contributed by atoms with Crippen molar-refractivity contribution in [1.82, 2.24) is 9.88 Å². The number of Topliss-reactive ketones (excluding diaryl/α,β-unsaturated/α-hetero) is 2. The summed E-state index contributed by atoms with van der Waals surface area (Å²) < 4.78 is 11.1. The first-order valence-electron chi connectivity index (χ1n) is 13.7. The van der Waals surface area contributed by atoms with E-state index in [0.29, 0.717) is 22.7 Å². The zero-order valence-electron chi connectivity index (χ0n) is 23.0. The van der Waals surface area contributed by atoms with Crippen molar-refractivity contribution < 1.29 is 23.9 Å². The number of nitrogens with zero attached hydrogens (tertiary/aromatic N) is 2. The fourth-order valence-corrected chi connectivity index (χ4v) is 7.00. The quantitative estimate of drug-likeness (QED) is 0.330. The summed E-state index contributed by atoms with van der Waals surface area (Å²) in [5, 5.41) is 3.06. The molecule has 3 aliphatic rings. The number of hydrogen-bond acceptors (Lipinski definition) is 7. The number of amides is 1. The van der Waals surface area contributed by atoms with Gasteiger partial charge in [0.15, 0.2) is 5.78 Å². The van der Waals surface area contributed by atoms with Crippen LogP contribution in [0, 0.1) is 5.92 Å². The summed E-state index contributed by atoms with van der Waals surface area (Å²) in [6.07, 6.45) is 5.32. The van der Waals surface area contributed by atoms with Crippen molar-refractivity contribution >= 4 is 29.2 Å². The van der Waals surface area contributed by atoms with Gasteiger partial charge in [0.2, 0.25) is 11.7 Å². The van der Waals surface area contributed by atoms with E-state index in [1.54, 1.807) is 42.6 Å². The number of anilines is 1. The van der Waals surface area contributed by atoms with E-state index in [1.807, 2.05) is 65.7 Å². The van der Waals surface area contributed by atoms with Crippen LogP contribution in [0.15, 0.2) is 97.3 Å². The molecule has 3 aliphatic heterocycles. The van der Waals surface area contributed by atoms with Crippen LogP contribution in [0.25, 0.3) is 6.08 Å². The van der Waals surface area contributed by atoms with E-state index in [1.165, 1.54) is 14.2 Å². The molecule has 208 valence electrons. The molecule has 0 saturated carbocycles. The summed E-state index contributed by atoms with van der Waals surface area (Å²) in [4.78, 5) is 50.4. The number of rotatable bonds is 6. The van der Waals surface area contributed by atoms with Gasteiger partial charge in [0.05, 0.1) is 31.7 Å². The number of carbonyl (C=O) groups excluding carboxylic acids is 3. The van der Waals surface area contributed by atoms with Gasteiger partial charge in [-0.05, 0) is 59.2 Å². The van der Waals surface area contributed by atoms with Crippen LogP contribution in [0.5, 0.6) is 11.5 Å². The van der Waals surface area contributed by atoms with E-state index in [-0.39, 0.29) is 22.9 Å². The first-order valence-corrected chi connectivity index (χ1v) is 13.7. The Hall–Kier alpha value is -5.24. The number of fused-ring (bicyclic) bond motifs is 6. The maximum Gasteiger partial charge on any atom is 0.238 e. The monoisotopic (exact) mass is 557 g/mol. The minimum absolute atomic E-state index is 0.215. The van der Waals surface area contributed by atoms with Crippen molar-refractivity contribution in [2.45, 2.75) is 17.5 Å². The number of carbonyl (C=O) groups is 3. The van der Waals surface area contributed by atoms with Crippen LogP contribution in [0.3, 0.4) is 0 Å². The van der Waals surface area contributed by atoms with E-state index in [4.69, 9.17) is 9.47 Å². The molecule has 0 aliphatic carbocycles. The maximum absolute atomic E-state index is 15.1. The molecule has 8 heteroatoms. The molecule has 1 aromatic heterocycles. The normalized spacial score (nSPS) is 23.1. The molecule has 0 unspecified atom stereocenters. The van der Waals surface area contributed by atoms with Gasteiger partial charge in [-0.25, -0.2) is 0 Å². The lowest BCUT2D eigenvalue weighted by molar-refractivity contribution is -0.122. The third kappa shape index (κ3) is 3.48. The predicted molar refractivity (Wildman–Crippen MR) is 157 cm³/mol. The van der Waals surface area contributed by atoms with E-state index in [9.17, 15) is 9.59 Å². The molecule has 8 nitrogen and oxygen atoms in total. The maximum atomic E-state index is 15.1. The zero-order valence-corrected chi connectivity index (χ0v) is 23.0. The Balaban J connectivity index is 1.55. The number of hydrogen-bond donors (Lipinski definition) is 1. The molecule has 3 aromatic carbocycles. The van der Waals surface area contributed by atoms with Crippen LogP contribution < -0.4 is 14.8 Å². The molecular weight excluding hydrogens is 530 g/mol. The molecule has 4 atom stereocenters. The van der Waals surface area contributed by atoms with Gasteiger partial charge in [-0.1, -0.05) is 48.5 Å². The Morgan fingerprint density at radius 3 is 2.48 bits per heavy atom. The summed E-state index contributed by atoms with van der Waals surface area (Å²) in [7, 11) is 3.00. The lowest BCUT2D eigenvalue weighted by Crippen LogP contribution is -2.49. The largest absolute Gasteiger partial charge is 0.497 e. The van der Waals surface area contributed by atoms with Crippen molar-refractivity contribution in [3.8, 4) is 11.5 Å². The number of aromatic nitrogens is 1. The third-order valence-electron chi connectivity index (χ3n) is 8.71. The standard InChI is InChI=1S/C34H27N3O5/c1-41-21-14-15-27(42-2)23(19-21)30(38)28-29(31(39)26-13-7-8-17-35-26)37-18-16-20-9-3-4-10-22(20)32(37)34(28)24-11-5-6-12-25(24)36-33(34)40/h3-19,28-29,32H,1-2H3,(H,36,40)/t28-,29+,32-,34-/m0/s1. The van der Waals surface area contributed by atoms with E-state index in [0.717, 1.165) is 11.1 Å². The minimum atomic E-state index is -1.45. The van der Waals surface area contributed by atoms with Crippen molar-refractivity contribution in [3.05, 3.63) is 125 Å². The highest BCUT2D eigenvalue weighted by Gasteiger charge is 2.71. The molecule has 4 heterocycles. The van der Waals surface area contributed by atoms with Gasteiger partial charge in [0.1, 0.15) is 28.6 Å². The molecule has 1 N–H and O–H groups in total. The highest BCUT2D eigenvalue weighted by molar-refractivity contribution is 6.17. The van der Waals surface area contributed by atoms with Crippen LogP contribution in [0.4, 0.5) is 5.69 Å². The number of methoxy groups -OCH3 is 2. The molecule has 1 spiro atoms. The van der Waals surface area contributed by atoms with Gasteiger partial charge >= 0.3 is 0 Å². The highest BCUT2D eigenvalue weighted by Crippen LogP contribution is 2.62. The molecule has 7 rings (SSSR count). The van der Waals surface area contributed by atoms with Crippen LogP contribution in [0.1, 0.15) is 43.6 Å². The van der Waals surface area contributed by atoms with E-state index in [2.05, 4.69) is 10.3 Å². The van der Waals surface area contributed by atoms with Gasteiger partial charge in [-0.15, -0.1) is 0 Å². The number of benzene rings is 3. The Bertz CT molecular complexity index is 1790. The number of para-hydroxylation sites is 1. The average molecular weight is 558 g/mol. The van der Waals surface area contributed by atoms with E-state index < -0.39 is 29.2 Å². The molecule has 4 aromatic rings. The summed E-state index contributed by atoms with van der Waals surface area (Å²) in [6.45, 7) is 0. The number of nitrogens with one attached hydrogen (secondary N) is 1. The van der Waals surface area contributed by atoms with E-state index >= 15 is 4.79 Å². The fourth-order valence-electron chi connectivity index (χ4n) is 7.00. The van der Waals surface area contributed by atoms with Crippen molar-refractivity contribution in [3.63, 3.8) is 0 Å². The third-order valence-corrected chi connectivity index (χ3v) is 8.71. The zero-order chi connectivity index (χ0) is 29.0. The Morgan fingerprint density at radius 2 is 1.69 bits per heavy atom. The highest BCUT2D eigenvalue weighted by atomic mass is 16.5. The average Bonchev–Trinajstić information content (AvgIpc) is 3.52. The SMILES string of the molecule is COc1ccc(OC)c(C(=O)[C@@H]2[C@H](C(=O)c3ccccn3)N3C=Cc4ccccc4[C@H]3[C@@]23C(=O)Nc2ccccc23)c1. The second-order valence-electron chi connectivity index (χ2n) is 10.6. The smallest absolute Gasteiger partial charge is 0.238 e. The molecule has 1 fully saturated rings. The number of pyridine rings is 1. The molecule has 0 bridgehead atoms. The Kier molecular flexibility index (Phi) is 5.93. The second-order valence-corrected chi connectivity index (χ2v) is 10.6. The molecule has 42 heavy (non-hydrogen) atoms. The van der Waals surface area contributed by atoms with Crippen LogP contribution in [0.2, 0.25) is 0 Å². The van der Waals surface area contributed by atoms with Gasteiger partial charge in [-0.3, -0.25) is 19.4 Å². The van der Waals surface area contributed by atoms with Gasteiger partial charge in [0.25, 0.3) is 0 Å². The first-order chi connectivity index (χ1) is 20.5. The topological polar surface area (TPSA) is 97.8 Å². The second kappa shape index (κ2) is 9.69. The van der Waals surface area contributed by atoms with Gasteiger partial charge < -0.3 is 19.7 Å². The van der Waals surface area contributed by atoms with Crippen molar-refractivity contribution in [1.29, 1.82) is 0 Å². The number of ether oxygens (including phenoxy) is 2. The molecule has 1 amide bonds. The van der Waals surface area contributed by atoms with Gasteiger partial charge in [0, 0.05) is 18.1 Å².